The highest BCUT2D eigenvalue weighted by Gasteiger charge is 2.30. The monoisotopic (exact) mass is 347 g/mol. The maximum absolute atomic E-state index is 12.3. The summed E-state index contributed by atoms with van der Waals surface area (Å²) in [7, 11) is -3.47. The van der Waals surface area contributed by atoms with E-state index in [0.717, 1.165) is 25.8 Å². The van der Waals surface area contributed by atoms with Crippen LogP contribution in [0.25, 0.3) is 0 Å². The Morgan fingerprint density at radius 1 is 1.17 bits per heavy atom. The lowest BCUT2D eigenvalue weighted by Crippen LogP contribution is -2.52. The van der Waals surface area contributed by atoms with Crippen LogP contribution >= 0.6 is 0 Å². The van der Waals surface area contributed by atoms with Gasteiger partial charge in [0.1, 0.15) is 0 Å². The first-order valence-electron chi connectivity index (χ1n) is 8.56. The van der Waals surface area contributed by atoms with Crippen LogP contribution in [0.3, 0.4) is 0 Å². The Hall–Kier alpha value is -0.700. The molecular weight excluding hydrogens is 318 g/mol. The Bertz CT molecular complexity index is 487. The van der Waals surface area contributed by atoms with Gasteiger partial charge in [-0.25, -0.2) is 4.72 Å². The summed E-state index contributed by atoms with van der Waals surface area (Å²) in [5, 5.41) is 0. The van der Waals surface area contributed by atoms with Gasteiger partial charge in [-0.05, 0) is 33.1 Å². The quantitative estimate of drug-likeness (QED) is 0.718. The molecule has 0 aromatic carbocycles. The van der Waals surface area contributed by atoms with E-state index in [1.807, 2.05) is 18.7 Å². The molecule has 134 valence electrons. The zero-order valence-corrected chi connectivity index (χ0v) is 15.0. The maximum atomic E-state index is 12.3. The molecule has 0 bridgehead atoms. The fraction of sp³-hybridized carbons (Fsp3) is 0.933. The Labute approximate surface area is 139 Å². The zero-order chi connectivity index (χ0) is 16.9. The minimum atomic E-state index is -3.47. The largest absolute Gasteiger partial charge is 0.373 e. The van der Waals surface area contributed by atoms with Crippen molar-refractivity contribution >= 4 is 16.1 Å². The number of amides is 1. The fourth-order valence-corrected chi connectivity index (χ4v) is 4.56. The number of ether oxygens (including phenoxy) is 1. The summed E-state index contributed by atoms with van der Waals surface area (Å²) in [6.45, 7) is 6.29. The summed E-state index contributed by atoms with van der Waals surface area (Å²) < 4.78 is 34.3. The van der Waals surface area contributed by atoms with Crippen LogP contribution in [0, 0.1) is 0 Å². The Balaban J connectivity index is 1.75. The molecule has 1 amide bonds. The highest BCUT2D eigenvalue weighted by Crippen LogP contribution is 2.14. The maximum Gasteiger partial charge on any atom is 0.279 e. The van der Waals surface area contributed by atoms with Gasteiger partial charge in [0, 0.05) is 39.1 Å². The molecule has 2 rings (SSSR count). The van der Waals surface area contributed by atoms with Gasteiger partial charge in [0.05, 0.1) is 12.2 Å². The van der Waals surface area contributed by atoms with E-state index in [1.165, 1.54) is 4.31 Å². The first-order chi connectivity index (χ1) is 10.9. The molecule has 2 saturated heterocycles. The summed E-state index contributed by atoms with van der Waals surface area (Å²) in [5.74, 6) is 0.196. The van der Waals surface area contributed by atoms with Crippen molar-refractivity contribution < 1.29 is 17.9 Å². The lowest BCUT2D eigenvalue weighted by Gasteiger charge is -2.34. The molecule has 7 nitrogen and oxygen atoms in total. The van der Waals surface area contributed by atoms with Gasteiger partial charge in [0.2, 0.25) is 5.91 Å². The van der Waals surface area contributed by atoms with E-state index in [9.17, 15) is 13.2 Å². The number of nitrogens with one attached hydrogen (secondary N) is 1. The minimum Gasteiger partial charge on any atom is -0.373 e. The van der Waals surface area contributed by atoms with E-state index in [4.69, 9.17) is 4.74 Å². The van der Waals surface area contributed by atoms with Crippen LogP contribution in [0.15, 0.2) is 0 Å². The summed E-state index contributed by atoms with van der Waals surface area (Å²) in [6, 6.07) is 0. The molecule has 2 atom stereocenters. The first-order valence-corrected chi connectivity index (χ1v) is 10.0. The predicted octanol–water partition coefficient (Wildman–Crippen LogP) is 0.723. The Kier molecular flexibility index (Phi) is 6.82. The van der Waals surface area contributed by atoms with Gasteiger partial charge in [-0.2, -0.15) is 12.7 Å². The highest BCUT2D eigenvalue weighted by molar-refractivity contribution is 7.87. The number of carbonyl (C=O) groups is 1. The number of hydrogen-bond donors (Lipinski definition) is 1. The van der Waals surface area contributed by atoms with Crippen LogP contribution in [0.2, 0.25) is 0 Å². The van der Waals surface area contributed by atoms with Crippen LogP contribution in [-0.2, 0) is 19.7 Å². The molecule has 2 aliphatic rings. The molecule has 2 fully saturated rings. The molecule has 2 heterocycles. The molecule has 0 aromatic heterocycles. The van der Waals surface area contributed by atoms with E-state index in [0.29, 0.717) is 39.0 Å². The Morgan fingerprint density at radius 3 is 2.57 bits per heavy atom. The lowest BCUT2D eigenvalue weighted by molar-refractivity contribution is -0.130. The van der Waals surface area contributed by atoms with Gasteiger partial charge in [0.15, 0.2) is 0 Å². The van der Waals surface area contributed by atoms with E-state index >= 15 is 0 Å². The number of nitrogens with zero attached hydrogens (tertiary/aromatic N) is 2. The van der Waals surface area contributed by atoms with E-state index in [2.05, 4.69) is 4.72 Å². The van der Waals surface area contributed by atoms with Crippen LogP contribution in [-0.4, -0.2) is 68.5 Å². The molecule has 0 aliphatic carbocycles. The van der Waals surface area contributed by atoms with E-state index in [1.54, 1.807) is 0 Å². The molecule has 0 saturated carbocycles. The van der Waals surface area contributed by atoms with Crippen LogP contribution in [0.1, 0.15) is 46.0 Å². The molecule has 0 spiro atoms. The minimum absolute atomic E-state index is 0.0925. The average Bonchev–Trinajstić information content (AvgIpc) is 2.67. The third-order valence-electron chi connectivity index (χ3n) is 4.29. The fourth-order valence-electron chi connectivity index (χ4n) is 3.16. The number of carbonyl (C=O) groups excluding carboxylic acids is 1. The normalized spacial score (nSPS) is 27.9. The Morgan fingerprint density at radius 2 is 1.87 bits per heavy atom. The van der Waals surface area contributed by atoms with Crippen LogP contribution in [0.5, 0.6) is 0 Å². The number of hydrogen-bond acceptors (Lipinski definition) is 4. The van der Waals surface area contributed by atoms with Crippen molar-refractivity contribution in [2.75, 3.05) is 32.7 Å². The van der Waals surface area contributed by atoms with Gasteiger partial charge in [-0.1, -0.05) is 6.42 Å². The summed E-state index contributed by atoms with van der Waals surface area (Å²) in [6.07, 6.45) is 4.18. The van der Waals surface area contributed by atoms with Crippen LogP contribution < -0.4 is 4.72 Å². The number of rotatable bonds is 6. The van der Waals surface area contributed by atoms with Gasteiger partial charge >= 0.3 is 0 Å². The second kappa shape index (κ2) is 8.41. The van der Waals surface area contributed by atoms with E-state index in [-0.39, 0.29) is 18.1 Å². The van der Waals surface area contributed by atoms with Crippen molar-refractivity contribution in [3.8, 4) is 0 Å². The van der Waals surface area contributed by atoms with Crippen LogP contribution in [0.4, 0.5) is 0 Å². The van der Waals surface area contributed by atoms with Crippen molar-refractivity contribution in [3.05, 3.63) is 0 Å². The third kappa shape index (κ3) is 5.70. The molecule has 0 unspecified atom stereocenters. The average molecular weight is 347 g/mol. The van der Waals surface area contributed by atoms with Crippen molar-refractivity contribution in [3.63, 3.8) is 0 Å². The van der Waals surface area contributed by atoms with Gasteiger partial charge < -0.3 is 9.64 Å². The molecule has 0 radical (unpaired) electrons. The topological polar surface area (TPSA) is 79.0 Å². The SMILES string of the molecule is C[C@H]1CN(S(=O)(=O)NCCCN2CCCCCC2=O)C[C@H](C)O1. The van der Waals surface area contributed by atoms with Crippen molar-refractivity contribution in [1.29, 1.82) is 0 Å². The molecule has 1 N–H and O–H groups in total. The van der Waals surface area contributed by atoms with Gasteiger partial charge in [-0.15, -0.1) is 0 Å². The van der Waals surface area contributed by atoms with Crippen molar-refractivity contribution in [2.45, 2.75) is 58.2 Å². The molecule has 23 heavy (non-hydrogen) atoms. The lowest BCUT2D eigenvalue weighted by atomic mass is 10.2. The summed E-state index contributed by atoms with van der Waals surface area (Å²) in [5.41, 5.74) is 0. The van der Waals surface area contributed by atoms with Crippen molar-refractivity contribution in [1.82, 2.24) is 13.9 Å². The van der Waals surface area contributed by atoms with Gasteiger partial charge in [-0.3, -0.25) is 4.79 Å². The number of likely N-dealkylation sites (tertiary alicyclic amines) is 1. The highest BCUT2D eigenvalue weighted by atomic mass is 32.2. The molecule has 2 aliphatic heterocycles. The second-order valence-electron chi connectivity index (χ2n) is 6.52. The standard InChI is InChI=1S/C15H29N3O4S/c1-13-11-18(12-14(2)22-13)23(20,21)16-8-6-10-17-9-5-3-4-7-15(17)19/h13-14,16H,3-12H2,1-2H3/t13-,14-/m0/s1. The molecule has 8 heteroatoms. The zero-order valence-electron chi connectivity index (χ0n) is 14.2. The predicted molar refractivity (Wildman–Crippen MR) is 88.2 cm³/mol. The van der Waals surface area contributed by atoms with Crippen molar-refractivity contribution in [2.24, 2.45) is 0 Å². The smallest absolute Gasteiger partial charge is 0.279 e. The van der Waals surface area contributed by atoms with E-state index < -0.39 is 10.2 Å². The molecular formula is C15H29N3O4S. The van der Waals surface area contributed by atoms with Gasteiger partial charge in [0.25, 0.3) is 10.2 Å². The second-order valence-corrected chi connectivity index (χ2v) is 8.27. The summed E-state index contributed by atoms with van der Waals surface area (Å²) in [4.78, 5) is 13.8. The first kappa shape index (κ1) is 18.6. The third-order valence-corrected chi connectivity index (χ3v) is 5.83. The summed E-state index contributed by atoms with van der Waals surface area (Å²) >= 11 is 0. The molecule has 0 aromatic rings. The number of morpholine rings is 1.